The zero-order valence-electron chi connectivity index (χ0n) is 59.3. The number of amides is 1. The van der Waals surface area contributed by atoms with Gasteiger partial charge in [-0.15, -0.1) is 11.8 Å². The Bertz CT molecular complexity index is 3670. The molecule has 2 heterocycles. The number of nitrogens with zero attached hydrogens (tertiary/aromatic N) is 3. The maximum atomic E-state index is 16.0. The number of hydrogen-bond acceptors (Lipinski definition) is 5. The number of rotatable bonds is 12. The summed E-state index contributed by atoms with van der Waals surface area (Å²) in [6.45, 7) is -25.9. The van der Waals surface area contributed by atoms with Crippen LogP contribution in [-0.2, 0) is 34.5 Å². The number of carbonyl (C=O) groups is 1. The van der Waals surface area contributed by atoms with E-state index < -0.39 is 250 Å². The van der Waals surface area contributed by atoms with Crippen LogP contribution in [0.2, 0.25) is 0 Å². The van der Waals surface area contributed by atoms with Crippen molar-refractivity contribution in [2.75, 3.05) is 33.1 Å². The van der Waals surface area contributed by atoms with Crippen molar-refractivity contribution in [2.24, 2.45) is 0 Å². The van der Waals surface area contributed by atoms with Gasteiger partial charge in [0.1, 0.15) is 6.50 Å². The number of piperidine rings is 1. The fraction of sp³-hybridized carbons (Fsp3) is 0.317. The van der Waals surface area contributed by atoms with E-state index in [-0.39, 0.29) is 16.3 Å². The minimum atomic E-state index is -5.42. The van der Waals surface area contributed by atoms with Crippen LogP contribution in [0.1, 0.15) is 80.2 Å². The molecule has 1 amide bonds. The number of ether oxygens (including phenoxy) is 1. The highest BCUT2D eigenvalue weighted by molar-refractivity contribution is 7.98. The van der Waals surface area contributed by atoms with Crippen LogP contribution < -0.4 is 5.43 Å². The third-order valence-corrected chi connectivity index (χ3v) is 7.76. The summed E-state index contributed by atoms with van der Waals surface area (Å²) in [4.78, 5) is 27.9. The van der Waals surface area contributed by atoms with Crippen molar-refractivity contribution in [1.29, 1.82) is 0 Å². The van der Waals surface area contributed by atoms with Crippen LogP contribution in [0.25, 0.3) is 22.0 Å². The van der Waals surface area contributed by atoms with Gasteiger partial charge in [-0.3, -0.25) is 9.59 Å². The molecular weight excluding hydrogens is 710 g/mol. The first-order valence-electron chi connectivity index (χ1n) is 30.8. The Labute approximate surface area is 355 Å². The zero-order chi connectivity index (χ0) is 66.7. The molecule has 5 aromatic rings. The second-order valence-electron chi connectivity index (χ2n) is 10.2. The van der Waals surface area contributed by atoms with E-state index in [9.17, 15) is 32.0 Å². The van der Waals surface area contributed by atoms with Gasteiger partial charge in [0.2, 0.25) is 5.91 Å². The van der Waals surface area contributed by atoms with Crippen LogP contribution in [0.15, 0.2) is 100 Å². The topological polar surface area (TPSA) is 54.8 Å². The number of halogens is 5. The summed E-state index contributed by atoms with van der Waals surface area (Å²) in [5.74, 6) is -8.41. The van der Waals surface area contributed by atoms with E-state index in [1.165, 1.54) is 0 Å². The molecule has 1 fully saturated rings. The number of aromatic nitrogens is 1. The fourth-order valence-corrected chi connectivity index (χ4v) is 5.27. The fourth-order valence-electron chi connectivity index (χ4n) is 4.36. The van der Waals surface area contributed by atoms with Crippen LogP contribution >= 0.6 is 11.8 Å². The van der Waals surface area contributed by atoms with Crippen molar-refractivity contribution in [1.82, 2.24) is 14.4 Å². The van der Waals surface area contributed by atoms with Gasteiger partial charge in [0, 0.05) is 75.5 Å². The number of thioether (sulfide) groups is 1. The van der Waals surface area contributed by atoms with Crippen LogP contribution in [-0.4, -0.2) is 59.4 Å². The second kappa shape index (κ2) is 16.7. The molecule has 0 spiro atoms. The number of para-hydroxylation sites is 1. The molecule has 1 aromatic heterocycles. The standard InChI is InChI=1S/C41H40F5N3O3S/c1-27-22-30(14-15-34(27)41(44,45)46)29-12-10-28(11-13-29)24-48(32-16-18-47(19-17-32)20-21-52-2)38(51)25-49-36-9-4-3-7-33(36)37(50)23-39(49)53-26-31-6-5-8-35(42)40(31)43/h3-15,22-23,32H,16-21,24-26H2,1-2H3/i2D3,3D,4D,5D,6D,7D,8D,9D,10D,11D,12D,13D,14D,15D,16D2,17D2,18D2,19D2,20D2,21D2,22D,23D,25D2,32D. The maximum Gasteiger partial charge on any atom is 0.416 e. The van der Waals surface area contributed by atoms with E-state index in [1.54, 1.807) is 0 Å². The molecule has 0 atom stereocenters. The second-order valence-corrected chi connectivity index (χ2v) is 11.1. The smallest absolute Gasteiger partial charge is 0.383 e. The summed E-state index contributed by atoms with van der Waals surface area (Å²) in [6, 6.07) is -27.6. The third-order valence-electron chi connectivity index (χ3n) is 6.77. The summed E-state index contributed by atoms with van der Waals surface area (Å²) >= 11 is -0.276. The van der Waals surface area contributed by atoms with Gasteiger partial charge in [-0.2, -0.15) is 13.2 Å². The molecule has 0 aliphatic carbocycles. The van der Waals surface area contributed by atoms with Crippen molar-refractivity contribution in [2.45, 2.75) is 55.7 Å². The first-order valence-corrected chi connectivity index (χ1v) is 15.3. The number of likely N-dealkylation sites (tertiary alicyclic amines) is 1. The number of pyridine rings is 1. The largest absolute Gasteiger partial charge is 0.416 e. The monoisotopic (exact) mass is 782 g/mol. The first kappa shape index (κ1) is 14.6. The van der Waals surface area contributed by atoms with E-state index >= 15 is 9.18 Å². The lowest BCUT2D eigenvalue weighted by molar-refractivity contribution is -0.138. The number of alkyl halides is 3. The van der Waals surface area contributed by atoms with Gasteiger partial charge < -0.3 is 19.1 Å². The van der Waals surface area contributed by atoms with Gasteiger partial charge in [-0.25, -0.2) is 8.78 Å². The number of benzene rings is 4. The molecule has 6 nitrogen and oxygen atoms in total. The van der Waals surface area contributed by atoms with Gasteiger partial charge in [0.25, 0.3) is 0 Å². The minimum absolute atomic E-state index is 0.276. The Kier molecular flexibility index (Phi) is 4.59. The highest BCUT2D eigenvalue weighted by Gasteiger charge is 2.32. The summed E-state index contributed by atoms with van der Waals surface area (Å²) in [5.41, 5.74) is -11.5. The van der Waals surface area contributed by atoms with E-state index in [0.29, 0.717) is 6.92 Å². The summed E-state index contributed by atoms with van der Waals surface area (Å²) in [5, 5.41) is -2.90. The number of hydrogen-bond donors (Lipinski definition) is 0. The molecular formula is C41H40F5N3O3S. The van der Waals surface area contributed by atoms with E-state index in [4.69, 9.17) is 35.6 Å². The van der Waals surface area contributed by atoms with Gasteiger partial charge in [0.05, 0.1) is 54.2 Å². The third kappa shape index (κ3) is 9.00. The molecule has 1 aliphatic rings. The lowest BCUT2D eigenvalue weighted by Gasteiger charge is -2.39. The highest BCUT2D eigenvalue weighted by atomic mass is 32.2. The van der Waals surface area contributed by atoms with Crippen LogP contribution in [0, 0.1) is 18.6 Å². The molecule has 0 radical (unpaired) electrons. The molecule has 0 unspecified atom stereocenters. The molecule has 0 bridgehead atoms. The van der Waals surface area contributed by atoms with Crippen LogP contribution in [0.5, 0.6) is 0 Å². The van der Waals surface area contributed by atoms with Gasteiger partial charge >= 0.3 is 6.18 Å². The summed E-state index contributed by atoms with van der Waals surface area (Å²) in [7, 11) is -4.03. The van der Waals surface area contributed by atoms with Gasteiger partial charge in [-0.05, 0) is 66.1 Å². The molecule has 1 saturated heterocycles. The summed E-state index contributed by atoms with van der Waals surface area (Å²) in [6.07, 6.45) is -15.6. The summed E-state index contributed by atoms with van der Waals surface area (Å²) < 4.78 is 363. The molecule has 0 saturated carbocycles. The molecule has 1 aliphatic heterocycles. The average Bonchev–Trinajstić information content (AvgIpc) is 0.659. The molecule has 53 heavy (non-hydrogen) atoms. The Morgan fingerprint density at radius 3 is 2.51 bits per heavy atom. The van der Waals surface area contributed by atoms with E-state index in [1.807, 2.05) is 0 Å². The Balaban J connectivity index is 1.81. The molecule has 0 N–H and O–H groups in total. The number of carbonyl (C=O) groups excluding carboxylic acids is 1. The average molecular weight is 783 g/mol. The van der Waals surface area contributed by atoms with E-state index in [2.05, 4.69) is 4.74 Å². The van der Waals surface area contributed by atoms with Gasteiger partial charge in [0.15, 0.2) is 17.1 Å². The van der Waals surface area contributed by atoms with Crippen molar-refractivity contribution in [3.05, 3.63) is 135 Å². The maximum absolute atomic E-state index is 16.0. The quantitative estimate of drug-likeness (QED) is 0.0937. The lowest BCUT2D eigenvalue weighted by Crippen LogP contribution is -2.48. The molecule has 12 heteroatoms. The van der Waals surface area contributed by atoms with Crippen molar-refractivity contribution >= 4 is 28.6 Å². The molecule has 6 rings (SSSR count). The first-order chi connectivity index (χ1) is 38.5. The Hall–Kier alpha value is -4.52. The van der Waals surface area contributed by atoms with E-state index in [0.717, 1.165) is 0 Å². The van der Waals surface area contributed by atoms with Crippen LogP contribution in [0.4, 0.5) is 22.0 Å². The number of fused-ring (bicyclic) bond motifs is 1. The lowest BCUT2D eigenvalue weighted by atomic mass is 9.98. The minimum Gasteiger partial charge on any atom is -0.383 e. The highest BCUT2D eigenvalue weighted by Crippen LogP contribution is 2.34. The SMILES string of the molecule is [2H]c1c([2H])c(F)c(F)c(CSc2c([2H])c(=O)c3c([2H])c([2H])c([2H])c([2H])c3n2C([2H])([2H])C(=O)N(Cc2c([2H])c([2H])c(-c3c([2H])c([2H])c(C(F)(F)F)c(C)c3[2H])c([2H])c2[2H])C2([2H])C([2H])([2H])C([2H])([2H])N(C([2H])([2H])C([2H])([2H])OC([2H])([2H])[2H])C([2H])([2H])C2([2H])[2H])c1[2H]. The van der Waals surface area contributed by atoms with Crippen molar-refractivity contribution in [3.63, 3.8) is 0 Å². The molecule has 4 aromatic carbocycles. The normalized spacial score (nSPS) is 28.6. The van der Waals surface area contributed by atoms with Crippen LogP contribution in [0.3, 0.4) is 0 Å². The predicted octanol–water partition coefficient (Wildman–Crippen LogP) is 8.71. The van der Waals surface area contributed by atoms with Gasteiger partial charge in [-0.1, -0.05) is 60.4 Å². The zero-order valence-corrected chi connectivity index (χ0v) is 27.1. The van der Waals surface area contributed by atoms with Crippen molar-refractivity contribution < 1.29 is 76.7 Å². The number of methoxy groups -OCH3 is 1. The Morgan fingerprint density at radius 1 is 1.04 bits per heavy atom. The van der Waals surface area contributed by atoms with Crippen molar-refractivity contribution in [3.8, 4) is 11.1 Å². The molecule has 278 valence electrons. The Morgan fingerprint density at radius 2 is 1.77 bits per heavy atom. The predicted molar refractivity (Wildman–Crippen MR) is 198 cm³/mol.